The van der Waals surface area contributed by atoms with Crippen LogP contribution in [0.4, 0.5) is 0 Å². The Morgan fingerprint density at radius 2 is 2.05 bits per heavy atom. The molecule has 0 aliphatic heterocycles. The molecule has 0 aromatic carbocycles. The highest BCUT2D eigenvalue weighted by Crippen LogP contribution is 2.38. The Bertz CT molecular complexity index is 346. The van der Waals surface area contributed by atoms with Gasteiger partial charge in [-0.05, 0) is 32.6 Å². The van der Waals surface area contributed by atoms with Crippen molar-refractivity contribution in [2.75, 3.05) is 19.6 Å². The second-order valence-electron chi connectivity index (χ2n) is 5.99. The van der Waals surface area contributed by atoms with Gasteiger partial charge in [-0.15, -0.1) is 0 Å². The van der Waals surface area contributed by atoms with Crippen LogP contribution in [0.2, 0.25) is 0 Å². The Morgan fingerprint density at radius 1 is 1.35 bits per heavy atom. The predicted octanol–water partition coefficient (Wildman–Crippen LogP) is 1.27. The van der Waals surface area contributed by atoms with E-state index in [-0.39, 0.29) is 24.4 Å². The van der Waals surface area contributed by atoms with Crippen LogP contribution in [-0.2, 0) is 9.59 Å². The normalized spacial score (nSPS) is 25.5. The number of carbonyl (C=O) groups is 2. The maximum Gasteiger partial charge on any atom is 0.239 e. The standard InChI is InChI=1S/C15H29N3O2/c1-4-9-17-13(19)11-18(10-5-2)14(20)15(3)8-6-7-12(15)16/h12H,4-11,16H2,1-3H3,(H,17,19). The lowest BCUT2D eigenvalue weighted by Crippen LogP contribution is -2.52. The molecule has 5 nitrogen and oxygen atoms in total. The number of hydrogen-bond acceptors (Lipinski definition) is 3. The summed E-state index contributed by atoms with van der Waals surface area (Å²) in [5.74, 6) is -0.0418. The summed E-state index contributed by atoms with van der Waals surface area (Å²) in [6, 6.07) is -0.0898. The second kappa shape index (κ2) is 7.62. The molecular weight excluding hydrogens is 254 g/mol. The van der Waals surface area contributed by atoms with Crippen molar-refractivity contribution in [1.82, 2.24) is 10.2 Å². The Hall–Kier alpha value is -1.10. The summed E-state index contributed by atoms with van der Waals surface area (Å²) in [6.07, 6.45) is 4.45. The molecule has 1 fully saturated rings. The minimum atomic E-state index is -0.500. The molecule has 0 spiro atoms. The average molecular weight is 283 g/mol. The number of nitrogens with zero attached hydrogens (tertiary/aromatic N) is 1. The summed E-state index contributed by atoms with van der Waals surface area (Å²) in [4.78, 5) is 26.3. The number of hydrogen-bond donors (Lipinski definition) is 2. The summed E-state index contributed by atoms with van der Waals surface area (Å²) >= 11 is 0. The van der Waals surface area contributed by atoms with E-state index in [0.29, 0.717) is 13.1 Å². The molecular formula is C15H29N3O2. The maximum absolute atomic E-state index is 12.7. The molecule has 2 atom stereocenters. The van der Waals surface area contributed by atoms with Crippen molar-refractivity contribution in [2.24, 2.45) is 11.1 Å². The van der Waals surface area contributed by atoms with Gasteiger partial charge in [0.1, 0.15) is 0 Å². The number of nitrogens with two attached hydrogens (primary N) is 1. The van der Waals surface area contributed by atoms with Crippen molar-refractivity contribution in [1.29, 1.82) is 0 Å². The van der Waals surface area contributed by atoms with Gasteiger partial charge in [-0.25, -0.2) is 0 Å². The van der Waals surface area contributed by atoms with Gasteiger partial charge in [-0.2, -0.15) is 0 Å². The van der Waals surface area contributed by atoms with Gasteiger partial charge in [-0.3, -0.25) is 9.59 Å². The molecule has 0 heterocycles. The van der Waals surface area contributed by atoms with Gasteiger partial charge in [0.25, 0.3) is 0 Å². The summed E-state index contributed by atoms with van der Waals surface area (Å²) < 4.78 is 0. The zero-order valence-electron chi connectivity index (χ0n) is 13.1. The fourth-order valence-corrected chi connectivity index (χ4v) is 2.84. The van der Waals surface area contributed by atoms with Gasteiger partial charge in [0.15, 0.2) is 0 Å². The first-order valence-electron chi connectivity index (χ1n) is 7.77. The molecule has 1 aliphatic rings. The van der Waals surface area contributed by atoms with E-state index in [4.69, 9.17) is 5.73 Å². The molecule has 0 bridgehead atoms. The second-order valence-corrected chi connectivity index (χ2v) is 5.99. The molecule has 2 amide bonds. The quantitative estimate of drug-likeness (QED) is 0.739. The molecule has 0 saturated heterocycles. The third-order valence-corrected chi connectivity index (χ3v) is 4.21. The van der Waals surface area contributed by atoms with Gasteiger partial charge in [0.05, 0.1) is 12.0 Å². The first-order valence-corrected chi connectivity index (χ1v) is 7.77. The van der Waals surface area contributed by atoms with E-state index in [9.17, 15) is 9.59 Å². The van der Waals surface area contributed by atoms with E-state index < -0.39 is 5.41 Å². The van der Waals surface area contributed by atoms with Crippen molar-refractivity contribution in [3.8, 4) is 0 Å². The van der Waals surface area contributed by atoms with Crippen LogP contribution in [0.3, 0.4) is 0 Å². The van der Waals surface area contributed by atoms with E-state index in [1.807, 2.05) is 20.8 Å². The van der Waals surface area contributed by atoms with Crippen LogP contribution in [0, 0.1) is 5.41 Å². The van der Waals surface area contributed by atoms with Gasteiger partial charge in [0, 0.05) is 19.1 Å². The van der Waals surface area contributed by atoms with E-state index >= 15 is 0 Å². The summed E-state index contributed by atoms with van der Waals surface area (Å²) in [6.45, 7) is 7.38. The molecule has 2 unspecified atom stereocenters. The highest BCUT2D eigenvalue weighted by molar-refractivity contribution is 5.88. The predicted molar refractivity (Wildman–Crippen MR) is 80.1 cm³/mol. The van der Waals surface area contributed by atoms with E-state index in [1.54, 1.807) is 4.90 Å². The van der Waals surface area contributed by atoms with Crippen LogP contribution in [0.1, 0.15) is 52.9 Å². The van der Waals surface area contributed by atoms with Crippen molar-refractivity contribution in [3.05, 3.63) is 0 Å². The monoisotopic (exact) mass is 283 g/mol. The third kappa shape index (κ3) is 3.95. The Kier molecular flexibility index (Phi) is 6.46. The molecule has 20 heavy (non-hydrogen) atoms. The van der Waals surface area contributed by atoms with E-state index in [2.05, 4.69) is 5.32 Å². The minimum absolute atomic E-state index is 0.0380. The number of nitrogens with one attached hydrogen (secondary N) is 1. The van der Waals surface area contributed by atoms with Crippen molar-refractivity contribution in [2.45, 2.75) is 58.9 Å². The van der Waals surface area contributed by atoms with Gasteiger partial charge in [-0.1, -0.05) is 20.3 Å². The number of rotatable bonds is 7. The van der Waals surface area contributed by atoms with Crippen LogP contribution in [0.15, 0.2) is 0 Å². The zero-order chi connectivity index (χ0) is 15.2. The minimum Gasteiger partial charge on any atom is -0.355 e. The Balaban J connectivity index is 2.69. The van der Waals surface area contributed by atoms with Crippen molar-refractivity contribution in [3.63, 3.8) is 0 Å². The highest BCUT2D eigenvalue weighted by Gasteiger charge is 2.45. The molecule has 1 saturated carbocycles. The smallest absolute Gasteiger partial charge is 0.239 e. The topological polar surface area (TPSA) is 75.4 Å². The van der Waals surface area contributed by atoms with Crippen LogP contribution >= 0.6 is 0 Å². The average Bonchev–Trinajstić information content (AvgIpc) is 2.76. The fraction of sp³-hybridized carbons (Fsp3) is 0.867. The molecule has 0 radical (unpaired) electrons. The molecule has 116 valence electrons. The molecule has 3 N–H and O–H groups in total. The van der Waals surface area contributed by atoms with Crippen LogP contribution in [0.25, 0.3) is 0 Å². The number of amides is 2. The van der Waals surface area contributed by atoms with E-state index in [1.165, 1.54) is 0 Å². The van der Waals surface area contributed by atoms with Crippen molar-refractivity contribution < 1.29 is 9.59 Å². The largest absolute Gasteiger partial charge is 0.355 e. The fourth-order valence-electron chi connectivity index (χ4n) is 2.84. The Morgan fingerprint density at radius 3 is 2.55 bits per heavy atom. The van der Waals surface area contributed by atoms with Crippen LogP contribution in [0.5, 0.6) is 0 Å². The SMILES string of the molecule is CCCNC(=O)CN(CCC)C(=O)C1(C)CCCC1N. The summed E-state index contributed by atoms with van der Waals surface area (Å²) in [5, 5.41) is 2.83. The Labute approximate surface area is 122 Å². The molecule has 1 rings (SSSR count). The van der Waals surface area contributed by atoms with E-state index in [0.717, 1.165) is 32.1 Å². The van der Waals surface area contributed by atoms with Gasteiger partial charge >= 0.3 is 0 Å². The molecule has 0 aromatic heterocycles. The molecule has 0 aromatic rings. The lowest BCUT2D eigenvalue weighted by molar-refractivity contribution is -0.144. The van der Waals surface area contributed by atoms with Gasteiger partial charge in [0.2, 0.25) is 11.8 Å². The lowest BCUT2D eigenvalue weighted by atomic mass is 9.83. The zero-order valence-corrected chi connectivity index (χ0v) is 13.1. The summed E-state index contributed by atoms with van der Waals surface area (Å²) in [7, 11) is 0. The van der Waals surface area contributed by atoms with Gasteiger partial charge < -0.3 is 16.0 Å². The first kappa shape index (κ1) is 17.0. The van der Waals surface area contributed by atoms with Crippen LogP contribution < -0.4 is 11.1 Å². The molecule has 1 aliphatic carbocycles. The lowest BCUT2D eigenvalue weighted by Gasteiger charge is -2.34. The van der Waals surface area contributed by atoms with Crippen molar-refractivity contribution >= 4 is 11.8 Å². The highest BCUT2D eigenvalue weighted by atomic mass is 16.2. The summed E-state index contributed by atoms with van der Waals surface area (Å²) in [5.41, 5.74) is 5.61. The third-order valence-electron chi connectivity index (χ3n) is 4.21. The van der Waals surface area contributed by atoms with Crippen LogP contribution in [-0.4, -0.2) is 42.4 Å². The maximum atomic E-state index is 12.7. The number of carbonyl (C=O) groups excluding carboxylic acids is 2. The molecule has 5 heteroatoms. The first-order chi connectivity index (χ1) is 9.45.